The lowest BCUT2D eigenvalue weighted by atomic mass is 10.1. The Morgan fingerprint density at radius 3 is 2.38 bits per heavy atom. The Morgan fingerprint density at radius 2 is 1.94 bits per heavy atom. The number of Topliss-reactive ketones (excluding diaryl/α,β-unsaturated/α-hetero) is 1. The van der Waals surface area contributed by atoms with Crippen molar-refractivity contribution in [1.82, 2.24) is 0 Å². The minimum atomic E-state index is -4.58. The van der Waals surface area contributed by atoms with Gasteiger partial charge in [0.25, 0.3) is 0 Å². The molecule has 0 spiro atoms. The molecule has 0 heterocycles. The van der Waals surface area contributed by atoms with E-state index < -0.39 is 22.5 Å². The van der Waals surface area contributed by atoms with Crippen LogP contribution in [0.2, 0.25) is 5.02 Å². The number of alkyl halides is 4. The second-order valence-electron chi connectivity index (χ2n) is 2.87. The fraction of sp³-hybridized carbons (Fsp3) is 0.222. The molecule has 1 aromatic rings. The van der Waals surface area contributed by atoms with Gasteiger partial charge in [0.2, 0.25) is 0 Å². The molecule has 0 aromatic heterocycles. The molecular formula is C9H4Cl2F3IO. The average Bonchev–Trinajstić information content (AvgIpc) is 2.14. The summed E-state index contributed by atoms with van der Waals surface area (Å²) in [4.78, 5) is 11.3. The van der Waals surface area contributed by atoms with Gasteiger partial charge in [-0.05, 0) is 34.7 Å². The van der Waals surface area contributed by atoms with E-state index >= 15 is 0 Å². The maximum atomic E-state index is 12.5. The van der Waals surface area contributed by atoms with Gasteiger partial charge in [0.05, 0.1) is 16.5 Å². The molecule has 0 bridgehead atoms. The SMILES string of the molecule is O=C(CCl)c1cc(C(F)(F)F)c(Cl)cc1I. The number of halogens is 6. The maximum absolute atomic E-state index is 12.5. The molecule has 0 atom stereocenters. The van der Waals surface area contributed by atoms with Crippen LogP contribution < -0.4 is 0 Å². The highest BCUT2D eigenvalue weighted by Crippen LogP contribution is 2.36. The van der Waals surface area contributed by atoms with Crippen LogP contribution in [0, 0.1) is 3.57 Å². The van der Waals surface area contributed by atoms with Gasteiger partial charge < -0.3 is 0 Å². The predicted octanol–water partition coefficient (Wildman–Crippen LogP) is 4.38. The van der Waals surface area contributed by atoms with Crippen molar-refractivity contribution in [2.24, 2.45) is 0 Å². The lowest BCUT2D eigenvalue weighted by Gasteiger charge is -2.11. The van der Waals surface area contributed by atoms with E-state index in [-0.39, 0.29) is 11.4 Å². The van der Waals surface area contributed by atoms with Gasteiger partial charge in [0.15, 0.2) is 5.78 Å². The molecule has 0 N–H and O–H groups in total. The van der Waals surface area contributed by atoms with Gasteiger partial charge >= 0.3 is 6.18 Å². The highest BCUT2D eigenvalue weighted by Gasteiger charge is 2.34. The van der Waals surface area contributed by atoms with E-state index in [9.17, 15) is 18.0 Å². The fourth-order valence-electron chi connectivity index (χ4n) is 1.05. The molecule has 0 fully saturated rings. The van der Waals surface area contributed by atoms with E-state index in [4.69, 9.17) is 23.2 Å². The summed E-state index contributed by atoms with van der Waals surface area (Å²) < 4.78 is 37.8. The Morgan fingerprint density at radius 1 is 1.38 bits per heavy atom. The zero-order valence-corrected chi connectivity index (χ0v) is 11.2. The van der Waals surface area contributed by atoms with Crippen molar-refractivity contribution in [1.29, 1.82) is 0 Å². The average molecular weight is 383 g/mol. The van der Waals surface area contributed by atoms with Crippen molar-refractivity contribution in [2.75, 3.05) is 5.88 Å². The summed E-state index contributed by atoms with van der Waals surface area (Å²) in [7, 11) is 0. The number of hydrogen-bond acceptors (Lipinski definition) is 1. The molecule has 0 amide bonds. The van der Waals surface area contributed by atoms with Gasteiger partial charge in [-0.15, -0.1) is 11.6 Å². The number of benzene rings is 1. The van der Waals surface area contributed by atoms with Crippen LogP contribution in [0.4, 0.5) is 13.2 Å². The summed E-state index contributed by atoms with van der Waals surface area (Å²) in [6, 6.07) is 1.83. The molecule has 0 saturated carbocycles. The molecule has 0 aliphatic carbocycles. The summed E-state index contributed by atoms with van der Waals surface area (Å²) in [5.74, 6) is -0.928. The van der Waals surface area contributed by atoms with E-state index in [1.165, 1.54) is 0 Å². The second kappa shape index (κ2) is 5.10. The van der Waals surface area contributed by atoms with Crippen LogP contribution in [0.3, 0.4) is 0 Å². The van der Waals surface area contributed by atoms with Crippen LogP contribution in [-0.4, -0.2) is 11.7 Å². The molecule has 0 aliphatic rings. The first kappa shape index (κ1) is 14.1. The van der Waals surface area contributed by atoms with E-state index in [1.807, 2.05) is 0 Å². The summed E-state index contributed by atoms with van der Waals surface area (Å²) in [5, 5.41) is -0.428. The molecule has 0 radical (unpaired) electrons. The lowest BCUT2D eigenvalue weighted by molar-refractivity contribution is -0.137. The van der Waals surface area contributed by atoms with Crippen molar-refractivity contribution in [3.8, 4) is 0 Å². The summed E-state index contributed by atoms with van der Waals surface area (Å²) in [6.45, 7) is 0. The minimum absolute atomic E-state index is 0.0627. The molecule has 0 unspecified atom stereocenters. The van der Waals surface area contributed by atoms with Gasteiger partial charge in [-0.25, -0.2) is 0 Å². The normalized spacial score (nSPS) is 11.6. The third-order valence-electron chi connectivity index (χ3n) is 1.78. The second-order valence-corrected chi connectivity index (χ2v) is 4.70. The Kier molecular flexibility index (Phi) is 4.48. The quantitative estimate of drug-likeness (QED) is 0.421. The van der Waals surface area contributed by atoms with E-state index in [1.54, 1.807) is 22.6 Å². The third-order valence-corrected chi connectivity index (χ3v) is 3.23. The number of carbonyl (C=O) groups excluding carboxylic acids is 1. The number of hydrogen-bond donors (Lipinski definition) is 0. The first-order valence-corrected chi connectivity index (χ1v) is 5.92. The molecule has 7 heteroatoms. The van der Waals surface area contributed by atoms with Crippen molar-refractivity contribution in [3.63, 3.8) is 0 Å². The molecule has 0 saturated heterocycles. The Bertz CT molecular complexity index is 431. The standard InChI is InChI=1S/C9H4Cl2F3IO/c10-3-8(16)4-1-5(9(12,13)14)6(11)2-7(4)15/h1-2H,3H2. The van der Waals surface area contributed by atoms with Crippen molar-refractivity contribution in [2.45, 2.75) is 6.18 Å². The molecule has 88 valence electrons. The smallest absolute Gasteiger partial charge is 0.293 e. The topological polar surface area (TPSA) is 17.1 Å². The van der Waals surface area contributed by atoms with Crippen LogP contribution in [0.5, 0.6) is 0 Å². The van der Waals surface area contributed by atoms with Crippen molar-refractivity contribution >= 4 is 51.6 Å². The summed E-state index contributed by atoms with van der Waals surface area (Å²) in [6.07, 6.45) is -4.58. The van der Waals surface area contributed by atoms with Gasteiger partial charge in [0, 0.05) is 9.13 Å². The van der Waals surface area contributed by atoms with Crippen LogP contribution in [0.1, 0.15) is 15.9 Å². The first-order valence-electron chi connectivity index (χ1n) is 3.92. The number of carbonyl (C=O) groups is 1. The minimum Gasteiger partial charge on any atom is -0.293 e. The predicted molar refractivity (Wildman–Crippen MR) is 64.2 cm³/mol. The molecule has 1 aromatic carbocycles. The largest absolute Gasteiger partial charge is 0.417 e. The van der Waals surface area contributed by atoms with Crippen molar-refractivity contribution < 1.29 is 18.0 Å². The van der Waals surface area contributed by atoms with Gasteiger partial charge in [-0.2, -0.15) is 13.2 Å². The Hall–Kier alpha value is -0.0100. The highest BCUT2D eigenvalue weighted by molar-refractivity contribution is 14.1. The highest BCUT2D eigenvalue weighted by atomic mass is 127. The van der Waals surface area contributed by atoms with Gasteiger partial charge in [0.1, 0.15) is 0 Å². The first-order chi connectivity index (χ1) is 7.27. The van der Waals surface area contributed by atoms with Gasteiger partial charge in [-0.3, -0.25) is 4.79 Å². The van der Waals surface area contributed by atoms with Crippen LogP contribution in [0.25, 0.3) is 0 Å². The Balaban J connectivity index is 3.39. The maximum Gasteiger partial charge on any atom is 0.417 e. The molecule has 1 nitrogen and oxygen atoms in total. The molecule has 0 aliphatic heterocycles. The zero-order chi connectivity index (χ0) is 12.5. The van der Waals surface area contributed by atoms with Crippen molar-refractivity contribution in [3.05, 3.63) is 31.9 Å². The molecular weight excluding hydrogens is 379 g/mol. The van der Waals surface area contributed by atoms with E-state index in [0.717, 1.165) is 12.1 Å². The number of ketones is 1. The molecule has 16 heavy (non-hydrogen) atoms. The van der Waals surface area contributed by atoms with Crippen LogP contribution in [-0.2, 0) is 6.18 Å². The van der Waals surface area contributed by atoms with Crippen LogP contribution in [0.15, 0.2) is 12.1 Å². The monoisotopic (exact) mass is 382 g/mol. The van der Waals surface area contributed by atoms with E-state index in [2.05, 4.69) is 0 Å². The summed E-state index contributed by atoms with van der Waals surface area (Å²) >= 11 is 12.5. The summed E-state index contributed by atoms with van der Waals surface area (Å²) in [5.41, 5.74) is -1.09. The Labute approximate surface area is 113 Å². The van der Waals surface area contributed by atoms with Crippen LogP contribution >= 0.6 is 45.8 Å². The lowest BCUT2D eigenvalue weighted by Crippen LogP contribution is -2.10. The van der Waals surface area contributed by atoms with Gasteiger partial charge in [-0.1, -0.05) is 11.6 Å². The zero-order valence-electron chi connectivity index (χ0n) is 7.54. The molecule has 1 rings (SSSR count). The fourth-order valence-corrected chi connectivity index (χ4v) is 2.42. The van der Waals surface area contributed by atoms with E-state index in [0.29, 0.717) is 3.57 Å². The third kappa shape index (κ3) is 3.01. The number of rotatable bonds is 2.